The number of hydrogen-bond donors (Lipinski definition) is 1. The summed E-state index contributed by atoms with van der Waals surface area (Å²) < 4.78 is 10.2. The van der Waals surface area contributed by atoms with E-state index in [0.717, 1.165) is 25.1 Å². The lowest BCUT2D eigenvalue weighted by atomic mass is 10.2. The maximum atomic E-state index is 5.14. The van der Waals surface area contributed by atoms with Gasteiger partial charge in [0.25, 0.3) is 5.89 Å². The Morgan fingerprint density at radius 2 is 2.31 bits per heavy atom. The normalized spacial score (nSPS) is 20.4. The quantitative estimate of drug-likeness (QED) is 0.825. The monoisotopic (exact) mass is 220 g/mol. The first-order chi connectivity index (χ1) is 7.83. The van der Waals surface area contributed by atoms with E-state index in [-0.39, 0.29) is 6.04 Å². The first-order valence-corrected chi connectivity index (χ1v) is 5.33. The summed E-state index contributed by atoms with van der Waals surface area (Å²) in [6, 6.07) is 1.99. The van der Waals surface area contributed by atoms with Crippen LogP contribution in [-0.2, 0) is 0 Å². The van der Waals surface area contributed by atoms with Crippen molar-refractivity contribution in [2.24, 2.45) is 0 Å². The average molecular weight is 220 g/mol. The highest BCUT2D eigenvalue weighted by atomic mass is 16.5. The molecule has 2 aromatic heterocycles. The van der Waals surface area contributed by atoms with Crippen molar-refractivity contribution in [3.63, 3.8) is 0 Å². The summed E-state index contributed by atoms with van der Waals surface area (Å²) in [5.41, 5.74) is 0.800. The van der Waals surface area contributed by atoms with Crippen LogP contribution in [-0.4, -0.2) is 21.8 Å². The highest BCUT2D eigenvalue weighted by molar-refractivity contribution is 5.43. The molecule has 2 aromatic rings. The summed E-state index contributed by atoms with van der Waals surface area (Å²) >= 11 is 0. The van der Waals surface area contributed by atoms with Crippen LogP contribution >= 0.6 is 0 Å². The lowest BCUT2D eigenvalue weighted by Gasteiger charge is -2.01. The Bertz CT molecular complexity index is 484. The maximum Gasteiger partial charge on any atom is 0.296 e. The standard InChI is InChI=1S/C10H12N4O2/c1-6-5-8(15-13-6)10-12-9(14-16-10)7-3-2-4-11-7/h5,7,11H,2-4H2,1H3. The van der Waals surface area contributed by atoms with Crippen molar-refractivity contribution in [2.75, 3.05) is 6.54 Å². The van der Waals surface area contributed by atoms with Gasteiger partial charge in [0.2, 0.25) is 5.76 Å². The maximum absolute atomic E-state index is 5.14. The van der Waals surface area contributed by atoms with E-state index in [1.54, 1.807) is 6.07 Å². The predicted octanol–water partition coefficient (Wildman–Crippen LogP) is 1.46. The molecule has 6 nitrogen and oxygen atoms in total. The van der Waals surface area contributed by atoms with Crippen LogP contribution in [0, 0.1) is 6.92 Å². The van der Waals surface area contributed by atoms with E-state index < -0.39 is 0 Å². The van der Waals surface area contributed by atoms with Crippen molar-refractivity contribution in [3.8, 4) is 11.7 Å². The molecule has 1 saturated heterocycles. The molecule has 0 aromatic carbocycles. The second-order valence-electron chi connectivity index (χ2n) is 3.94. The molecule has 3 heterocycles. The molecule has 1 unspecified atom stereocenters. The first-order valence-electron chi connectivity index (χ1n) is 5.33. The van der Waals surface area contributed by atoms with Crippen molar-refractivity contribution in [1.82, 2.24) is 20.6 Å². The summed E-state index contributed by atoms with van der Waals surface area (Å²) in [7, 11) is 0. The van der Waals surface area contributed by atoms with Crippen LogP contribution in [0.1, 0.15) is 30.4 Å². The minimum atomic E-state index is 0.210. The van der Waals surface area contributed by atoms with Gasteiger partial charge in [-0.2, -0.15) is 4.98 Å². The second kappa shape index (κ2) is 3.71. The molecule has 0 bridgehead atoms. The van der Waals surface area contributed by atoms with Crippen molar-refractivity contribution < 1.29 is 9.05 Å². The smallest absolute Gasteiger partial charge is 0.296 e. The van der Waals surface area contributed by atoms with Crippen LogP contribution in [0.25, 0.3) is 11.7 Å². The van der Waals surface area contributed by atoms with Crippen LogP contribution in [0.4, 0.5) is 0 Å². The number of rotatable bonds is 2. The third-order valence-electron chi connectivity index (χ3n) is 2.65. The Morgan fingerprint density at radius 3 is 3.00 bits per heavy atom. The first kappa shape index (κ1) is 9.53. The third-order valence-corrected chi connectivity index (χ3v) is 2.65. The summed E-state index contributed by atoms with van der Waals surface area (Å²) in [4.78, 5) is 4.30. The SMILES string of the molecule is Cc1cc(-c2nc(C3CCCN3)no2)on1. The fourth-order valence-corrected chi connectivity index (χ4v) is 1.85. The van der Waals surface area contributed by atoms with Crippen LogP contribution in [0.2, 0.25) is 0 Å². The predicted molar refractivity (Wildman–Crippen MR) is 54.5 cm³/mol. The molecule has 1 atom stereocenters. The Balaban J connectivity index is 1.87. The molecule has 0 radical (unpaired) electrons. The molecule has 1 fully saturated rings. The van der Waals surface area contributed by atoms with Crippen LogP contribution in [0.3, 0.4) is 0 Å². The third kappa shape index (κ3) is 1.61. The van der Waals surface area contributed by atoms with Gasteiger partial charge < -0.3 is 14.4 Å². The Kier molecular flexibility index (Phi) is 2.21. The van der Waals surface area contributed by atoms with E-state index in [9.17, 15) is 0 Å². The fraction of sp³-hybridized carbons (Fsp3) is 0.500. The molecule has 0 spiro atoms. The van der Waals surface area contributed by atoms with Gasteiger partial charge in [-0.15, -0.1) is 0 Å². The van der Waals surface area contributed by atoms with Crippen LogP contribution < -0.4 is 5.32 Å². The molecule has 0 aliphatic carbocycles. The highest BCUT2D eigenvalue weighted by Gasteiger charge is 2.23. The zero-order valence-electron chi connectivity index (χ0n) is 8.93. The molecule has 0 saturated carbocycles. The van der Waals surface area contributed by atoms with Gasteiger partial charge in [0.1, 0.15) is 0 Å². The van der Waals surface area contributed by atoms with Crippen molar-refractivity contribution in [1.29, 1.82) is 0 Å². The average Bonchev–Trinajstić information content (AvgIpc) is 2.97. The Morgan fingerprint density at radius 1 is 1.38 bits per heavy atom. The Hall–Kier alpha value is -1.69. The fourth-order valence-electron chi connectivity index (χ4n) is 1.85. The van der Waals surface area contributed by atoms with E-state index in [1.165, 1.54) is 0 Å². The van der Waals surface area contributed by atoms with E-state index >= 15 is 0 Å². The van der Waals surface area contributed by atoms with E-state index in [0.29, 0.717) is 17.5 Å². The van der Waals surface area contributed by atoms with Crippen molar-refractivity contribution in [3.05, 3.63) is 17.6 Å². The highest BCUT2D eigenvalue weighted by Crippen LogP contribution is 2.24. The zero-order valence-corrected chi connectivity index (χ0v) is 8.93. The van der Waals surface area contributed by atoms with E-state index in [4.69, 9.17) is 9.05 Å². The van der Waals surface area contributed by atoms with Gasteiger partial charge in [-0.1, -0.05) is 10.3 Å². The molecule has 0 amide bonds. The largest absolute Gasteiger partial charge is 0.351 e. The van der Waals surface area contributed by atoms with Gasteiger partial charge in [0, 0.05) is 6.07 Å². The minimum absolute atomic E-state index is 0.210. The number of aryl methyl sites for hydroxylation is 1. The van der Waals surface area contributed by atoms with Crippen molar-refractivity contribution in [2.45, 2.75) is 25.8 Å². The topological polar surface area (TPSA) is 77.0 Å². The molecular formula is C10H12N4O2. The summed E-state index contributed by atoms with van der Waals surface area (Å²) in [6.45, 7) is 2.86. The molecule has 6 heteroatoms. The molecule has 1 N–H and O–H groups in total. The Labute approximate surface area is 92.0 Å². The number of aromatic nitrogens is 3. The molecule has 1 aliphatic rings. The lowest BCUT2D eigenvalue weighted by molar-refractivity contribution is 0.377. The number of hydrogen-bond acceptors (Lipinski definition) is 6. The van der Waals surface area contributed by atoms with Gasteiger partial charge in [-0.05, 0) is 26.3 Å². The van der Waals surface area contributed by atoms with E-state index in [2.05, 4.69) is 20.6 Å². The lowest BCUT2D eigenvalue weighted by Crippen LogP contribution is -2.14. The minimum Gasteiger partial charge on any atom is -0.351 e. The molecule has 1 aliphatic heterocycles. The summed E-state index contributed by atoms with van der Waals surface area (Å²) in [5.74, 6) is 1.61. The second-order valence-corrected chi connectivity index (χ2v) is 3.94. The molecule has 3 rings (SSSR count). The van der Waals surface area contributed by atoms with Crippen molar-refractivity contribution >= 4 is 0 Å². The van der Waals surface area contributed by atoms with Gasteiger partial charge >= 0.3 is 0 Å². The zero-order chi connectivity index (χ0) is 11.0. The van der Waals surface area contributed by atoms with E-state index in [1.807, 2.05) is 6.92 Å². The number of nitrogens with one attached hydrogen (secondary N) is 1. The van der Waals surface area contributed by atoms with Crippen LogP contribution in [0.15, 0.2) is 15.1 Å². The van der Waals surface area contributed by atoms with Crippen LogP contribution in [0.5, 0.6) is 0 Å². The van der Waals surface area contributed by atoms with Gasteiger partial charge in [0.05, 0.1) is 11.7 Å². The van der Waals surface area contributed by atoms with Gasteiger partial charge in [0.15, 0.2) is 5.82 Å². The number of nitrogens with zero attached hydrogens (tertiary/aromatic N) is 3. The summed E-state index contributed by atoms with van der Waals surface area (Å²) in [6.07, 6.45) is 2.20. The molecule has 16 heavy (non-hydrogen) atoms. The van der Waals surface area contributed by atoms with Gasteiger partial charge in [-0.3, -0.25) is 0 Å². The van der Waals surface area contributed by atoms with Gasteiger partial charge in [-0.25, -0.2) is 0 Å². The molecule has 84 valence electrons. The summed E-state index contributed by atoms with van der Waals surface area (Å²) in [5, 5.41) is 11.0. The molecular weight excluding hydrogens is 208 g/mol.